The molecule has 0 spiro atoms. The van der Waals surface area contributed by atoms with Crippen molar-refractivity contribution in [2.75, 3.05) is 18.1 Å². The normalized spacial score (nSPS) is 26.6. The Kier molecular flexibility index (Phi) is 5.13. The third kappa shape index (κ3) is 3.74. The SMILES string of the molecule is CCC[NH2+]C1CCS(=O)(=O)C1.[Cl-]. The molecule has 1 atom stereocenters. The van der Waals surface area contributed by atoms with Crippen LogP contribution in [0.3, 0.4) is 0 Å². The molecule has 1 saturated heterocycles. The molecule has 0 aliphatic carbocycles. The van der Waals surface area contributed by atoms with E-state index in [1.54, 1.807) is 0 Å². The molecule has 1 rings (SSSR count). The summed E-state index contributed by atoms with van der Waals surface area (Å²) >= 11 is 0. The molecule has 1 unspecified atom stereocenters. The molecule has 1 fully saturated rings. The van der Waals surface area contributed by atoms with Crippen LogP contribution < -0.4 is 17.7 Å². The predicted octanol–water partition coefficient (Wildman–Crippen LogP) is -3.85. The lowest BCUT2D eigenvalue weighted by molar-refractivity contribution is -0.684. The quantitative estimate of drug-likeness (QED) is 0.522. The van der Waals surface area contributed by atoms with Gasteiger partial charge in [0.2, 0.25) is 0 Å². The van der Waals surface area contributed by atoms with Gasteiger partial charge in [-0.3, -0.25) is 0 Å². The molecule has 1 heterocycles. The van der Waals surface area contributed by atoms with Gasteiger partial charge >= 0.3 is 0 Å². The zero-order valence-electron chi connectivity index (χ0n) is 7.29. The molecular formula is C7H16ClNO2S. The number of sulfone groups is 1. The number of hydrogen-bond donors (Lipinski definition) is 1. The largest absolute Gasteiger partial charge is 1.00 e. The molecule has 3 nitrogen and oxygen atoms in total. The Hall–Kier alpha value is 0.200. The summed E-state index contributed by atoms with van der Waals surface area (Å²) in [5, 5.41) is 2.16. The predicted molar refractivity (Wildman–Crippen MR) is 44.1 cm³/mol. The van der Waals surface area contributed by atoms with E-state index in [0.717, 1.165) is 19.4 Å². The van der Waals surface area contributed by atoms with Gasteiger partial charge in [-0.1, -0.05) is 6.92 Å². The monoisotopic (exact) mass is 213 g/mol. The highest BCUT2D eigenvalue weighted by Gasteiger charge is 2.29. The second-order valence-corrected chi connectivity index (χ2v) is 5.42. The maximum Gasteiger partial charge on any atom is 0.156 e. The van der Waals surface area contributed by atoms with Crippen LogP contribution in [0.5, 0.6) is 0 Å². The molecule has 0 bridgehead atoms. The first kappa shape index (κ1) is 12.2. The molecule has 0 saturated carbocycles. The summed E-state index contributed by atoms with van der Waals surface area (Å²) in [5.41, 5.74) is 0. The first-order chi connectivity index (χ1) is 5.14. The minimum atomic E-state index is -2.66. The standard InChI is InChI=1S/C7H15NO2S.ClH/c1-2-4-8-7-3-5-11(9,10)6-7;/h7-8H,2-6H2,1H3;1H. The van der Waals surface area contributed by atoms with E-state index in [1.807, 2.05) is 0 Å². The molecule has 0 aromatic heterocycles. The molecule has 5 heteroatoms. The lowest BCUT2D eigenvalue weighted by atomic mass is 10.2. The summed E-state index contributed by atoms with van der Waals surface area (Å²) < 4.78 is 22.0. The van der Waals surface area contributed by atoms with Gasteiger partial charge in [-0.25, -0.2) is 8.42 Å². The van der Waals surface area contributed by atoms with Crippen molar-refractivity contribution in [1.29, 1.82) is 0 Å². The van der Waals surface area contributed by atoms with E-state index in [9.17, 15) is 8.42 Å². The molecule has 0 aromatic carbocycles. The first-order valence-electron chi connectivity index (χ1n) is 4.18. The van der Waals surface area contributed by atoms with E-state index < -0.39 is 9.84 Å². The second kappa shape index (κ2) is 5.04. The van der Waals surface area contributed by atoms with Gasteiger partial charge in [0, 0.05) is 6.42 Å². The smallest absolute Gasteiger partial charge is 0.156 e. The Morgan fingerprint density at radius 1 is 1.50 bits per heavy atom. The molecule has 1 aliphatic heterocycles. The Morgan fingerprint density at radius 3 is 2.58 bits per heavy atom. The van der Waals surface area contributed by atoms with Crippen molar-refractivity contribution < 1.29 is 26.1 Å². The van der Waals surface area contributed by atoms with Crippen LogP contribution in [0.15, 0.2) is 0 Å². The molecule has 12 heavy (non-hydrogen) atoms. The van der Waals surface area contributed by atoms with Crippen LogP contribution >= 0.6 is 0 Å². The van der Waals surface area contributed by atoms with Crippen LogP contribution in [0.25, 0.3) is 0 Å². The van der Waals surface area contributed by atoms with Crippen LogP contribution in [0.1, 0.15) is 19.8 Å². The molecule has 74 valence electrons. The van der Waals surface area contributed by atoms with Gasteiger partial charge in [0.25, 0.3) is 0 Å². The van der Waals surface area contributed by atoms with E-state index in [1.165, 1.54) is 0 Å². The summed E-state index contributed by atoms with van der Waals surface area (Å²) in [7, 11) is -2.66. The van der Waals surface area contributed by atoms with Crippen molar-refractivity contribution in [3.8, 4) is 0 Å². The van der Waals surface area contributed by atoms with Crippen molar-refractivity contribution in [3.05, 3.63) is 0 Å². The molecule has 1 aliphatic rings. The fraction of sp³-hybridized carbons (Fsp3) is 1.00. The van der Waals surface area contributed by atoms with Crippen molar-refractivity contribution >= 4 is 9.84 Å². The van der Waals surface area contributed by atoms with Gasteiger partial charge in [0.05, 0.1) is 12.3 Å². The van der Waals surface area contributed by atoms with E-state index in [4.69, 9.17) is 0 Å². The lowest BCUT2D eigenvalue weighted by Crippen LogP contribution is -3.00. The van der Waals surface area contributed by atoms with Crippen LogP contribution in [-0.2, 0) is 9.84 Å². The van der Waals surface area contributed by atoms with E-state index in [0.29, 0.717) is 17.5 Å². The zero-order chi connectivity index (χ0) is 8.32. The van der Waals surface area contributed by atoms with Gasteiger partial charge in [-0.2, -0.15) is 0 Å². The second-order valence-electron chi connectivity index (χ2n) is 3.19. The maximum absolute atomic E-state index is 11.0. The number of halogens is 1. The Bertz CT molecular complexity index is 215. The highest BCUT2D eigenvalue weighted by atomic mass is 35.5. The van der Waals surface area contributed by atoms with Crippen LogP contribution in [0.2, 0.25) is 0 Å². The third-order valence-electron chi connectivity index (χ3n) is 2.06. The van der Waals surface area contributed by atoms with E-state index >= 15 is 0 Å². The summed E-state index contributed by atoms with van der Waals surface area (Å²) in [6.45, 7) is 3.17. The molecule has 2 N–H and O–H groups in total. The fourth-order valence-corrected chi connectivity index (χ4v) is 3.20. The maximum atomic E-state index is 11.0. The average molecular weight is 214 g/mol. The summed E-state index contributed by atoms with van der Waals surface area (Å²) in [4.78, 5) is 0. The van der Waals surface area contributed by atoms with Crippen molar-refractivity contribution in [2.24, 2.45) is 0 Å². The number of nitrogens with two attached hydrogens (primary N) is 1. The topological polar surface area (TPSA) is 50.8 Å². The van der Waals surface area contributed by atoms with Gasteiger partial charge in [-0.15, -0.1) is 0 Å². The highest BCUT2D eigenvalue weighted by molar-refractivity contribution is 7.91. The van der Waals surface area contributed by atoms with Crippen LogP contribution in [0, 0.1) is 0 Å². The average Bonchev–Trinajstić information content (AvgIpc) is 2.26. The van der Waals surface area contributed by atoms with Crippen LogP contribution in [-0.4, -0.2) is 32.5 Å². The Balaban J connectivity index is 0.00000121. The van der Waals surface area contributed by atoms with Gasteiger partial charge < -0.3 is 17.7 Å². The lowest BCUT2D eigenvalue weighted by Gasteiger charge is -2.04. The Morgan fingerprint density at radius 2 is 2.17 bits per heavy atom. The summed E-state index contributed by atoms with van der Waals surface area (Å²) in [5.74, 6) is 0.797. The van der Waals surface area contributed by atoms with E-state index in [-0.39, 0.29) is 12.4 Å². The summed E-state index contributed by atoms with van der Waals surface area (Å²) in [6.07, 6.45) is 1.97. The molecule has 0 radical (unpaired) electrons. The zero-order valence-corrected chi connectivity index (χ0v) is 8.87. The van der Waals surface area contributed by atoms with Gasteiger partial charge in [0.15, 0.2) is 9.84 Å². The molecule has 0 amide bonds. The molecule has 0 aromatic rings. The molecular weight excluding hydrogens is 198 g/mol. The summed E-state index contributed by atoms with van der Waals surface area (Å²) in [6, 6.07) is 0.347. The Labute approximate surface area is 80.3 Å². The van der Waals surface area contributed by atoms with Crippen molar-refractivity contribution in [1.82, 2.24) is 0 Å². The number of quaternary nitrogens is 1. The number of rotatable bonds is 3. The highest BCUT2D eigenvalue weighted by Crippen LogP contribution is 2.07. The van der Waals surface area contributed by atoms with Crippen LogP contribution in [0.4, 0.5) is 0 Å². The third-order valence-corrected chi connectivity index (χ3v) is 3.85. The van der Waals surface area contributed by atoms with Crippen molar-refractivity contribution in [2.45, 2.75) is 25.8 Å². The first-order valence-corrected chi connectivity index (χ1v) is 6.00. The minimum Gasteiger partial charge on any atom is -1.00 e. The van der Waals surface area contributed by atoms with Gasteiger partial charge in [-0.05, 0) is 6.42 Å². The minimum absolute atomic E-state index is 0. The van der Waals surface area contributed by atoms with Crippen molar-refractivity contribution in [3.63, 3.8) is 0 Å². The van der Waals surface area contributed by atoms with Gasteiger partial charge in [0.1, 0.15) is 11.8 Å². The number of hydrogen-bond acceptors (Lipinski definition) is 2. The van der Waals surface area contributed by atoms with E-state index in [2.05, 4.69) is 12.2 Å². The fourth-order valence-electron chi connectivity index (χ4n) is 1.41.